The molecule has 1 rings (SSSR count). The summed E-state index contributed by atoms with van der Waals surface area (Å²) < 4.78 is 4.84. The summed E-state index contributed by atoms with van der Waals surface area (Å²) in [6.07, 6.45) is 0.337. The van der Waals surface area contributed by atoms with Gasteiger partial charge in [0, 0.05) is 7.11 Å². The van der Waals surface area contributed by atoms with Gasteiger partial charge in [-0.2, -0.15) is 0 Å². The molecule has 0 aliphatic heterocycles. The Labute approximate surface area is 95.8 Å². The third-order valence-electron chi connectivity index (χ3n) is 2.57. The van der Waals surface area contributed by atoms with Gasteiger partial charge in [0.25, 0.3) is 0 Å². The summed E-state index contributed by atoms with van der Waals surface area (Å²) >= 11 is 0. The van der Waals surface area contributed by atoms with E-state index >= 15 is 0 Å². The first-order valence-corrected chi connectivity index (χ1v) is 5.20. The highest BCUT2D eigenvalue weighted by Crippen LogP contribution is 2.25. The molecular formula is C12H18N2O2. The van der Waals surface area contributed by atoms with Crippen molar-refractivity contribution in [2.45, 2.75) is 20.3 Å². The Morgan fingerprint density at radius 2 is 2.12 bits per heavy atom. The van der Waals surface area contributed by atoms with Crippen molar-refractivity contribution in [3.63, 3.8) is 0 Å². The van der Waals surface area contributed by atoms with Gasteiger partial charge in [0.05, 0.1) is 24.4 Å². The monoisotopic (exact) mass is 222 g/mol. The Balaban J connectivity index is 2.80. The number of hydrogen-bond acceptors (Lipinski definition) is 3. The Hall–Kier alpha value is -1.55. The lowest BCUT2D eigenvalue weighted by Gasteiger charge is -2.13. The summed E-state index contributed by atoms with van der Waals surface area (Å²) in [6, 6.07) is 3.74. The average molecular weight is 222 g/mol. The number of carbonyl (C=O) groups is 1. The van der Waals surface area contributed by atoms with E-state index in [4.69, 9.17) is 10.5 Å². The number of ether oxygens (including phenoxy) is 1. The van der Waals surface area contributed by atoms with Gasteiger partial charge in [-0.25, -0.2) is 0 Å². The summed E-state index contributed by atoms with van der Waals surface area (Å²) in [5, 5.41) is 2.81. The number of nitrogen functional groups attached to an aromatic ring is 1. The molecule has 0 radical (unpaired) electrons. The van der Waals surface area contributed by atoms with E-state index in [2.05, 4.69) is 5.32 Å². The standard InChI is InChI=1S/C12H18N2O2/c1-8-4-5-10(13)12(9(8)2)14-11(15)6-7-16-3/h4-5H,6-7,13H2,1-3H3,(H,14,15). The molecular weight excluding hydrogens is 204 g/mol. The van der Waals surface area contributed by atoms with Gasteiger partial charge < -0.3 is 15.8 Å². The molecule has 1 amide bonds. The lowest BCUT2D eigenvalue weighted by Crippen LogP contribution is -2.16. The topological polar surface area (TPSA) is 64.3 Å². The van der Waals surface area contributed by atoms with E-state index in [1.54, 1.807) is 13.2 Å². The molecule has 0 saturated heterocycles. The fourth-order valence-electron chi connectivity index (χ4n) is 1.40. The number of hydrogen-bond donors (Lipinski definition) is 2. The molecule has 0 aliphatic carbocycles. The molecule has 0 aliphatic rings. The molecule has 0 unspecified atom stereocenters. The van der Waals surface area contributed by atoms with Gasteiger partial charge in [-0.1, -0.05) is 6.07 Å². The SMILES string of the molecule is COCCC(=O)Nc1c(N)ccc(C)c1C. The Morgan fingerprint density at radius 3 is 2.75 bits per heavy atom. The van der Waals surface area contributed by atoms with Gasteiger partial charge in [-0.05, 0) is 31.0 Å². The van der Waals surface area contributed by atoms with Crippen molar-refractivity contribution in [1.82, 2.24) is 0 Å². The maximum atomic E-state index is 11.5. The number of rotatable bonds is 4. The Morgan fingerprint density at radius 1 is 1.44 bits per heavy atom. The van der Waals surface area contributed by atoms with Crippen LogP contribution in [0.1, 0.15) is 17.5 Å². The number of anilines is 2. The van der Waals surface area contributed by atoms with Crippen LogP contribution in [-0.4, -0.2) is 19.6 Å². The minimum absolute atomic E-state index is 0.0812. The van der Waals surface area contributed by atoms with Crippen molar-refractivity contribution >= 4 is 17.3 Å². The second-order valence-corrected chi connectivity index (χ2v) is 3.76. The number of nitrogens with one attached hydrogen (secondary N) is 1. The fourth-order valence-corrected chi connectivity index (χ4v) is 1.40. The highest BCUT2D eigenvalue weighted by Gasteiger charge is 2.09. The molecule has 0 atom stereocenters. The van der Waals surface area contributed by atoms with Gasteiger partial charge in [0.1, 0.15) is 0 Å². The summed E-state index contributed by atoms with van der Waals surface area (Å²) in [5.74, 6) is -0.0812. The number of carbonyl (C=O) groups excluding carboxylic acids is 1. The molecule has 88 valence electrons. The van der Waals surface area contributed by atoms with E-state index < -0.39 is 0 Å². The van der Waals surface area contributed by atoms with Gasteiger partial charge >= 0.3 is 0 Å². The highest BCUT2D eigenvalue weighted by molar-refractivity contribution is 5.95. The van der Waals surface area contributed by atoms with Crippen LogP contribution in [0.5, 0.6) is 0 Å². The predicted molar refractivity (Wildman–Crippen MR) is 65.5 cm³/mol. The molecule has 3 N–H and O–H groups in total. The first-order valence-electron chi connectivity index (χ1n) is 5.20. The summed E-state index contributed by atoms with van der Waals surface area (Å²) in [7, 11) is 1.57. The van der Waals surface area contributed by atoms with Gasteiger partial charge in [0.2, 0.25) is 5.91 Å². The van der Waals surface area contributed by atoms with Crippen LogP contribution >= 0.6 is 0 Å². The van der Waals surface area contributed by atoms with E-state index in [9.17, 15) is 4.79 Å². The van der Waals surface area contributed by atoms with E-state index in [1.165, 1.54) is 0 Å². The van der Waals surface area contributed by atoms with Crippen LogP contribution in [0, 0.1) is 13.8 Å². The molecule has 16 heavy (non-hydrogen) atoms. The lowest BCUT2D eigenvalue weighted by molar-refractivity contribution is -0.117. The fraction of sp³-hybridized carbons (Fsp3) is 0.417. The number of nitrogens with two attached hydrogens (primary N) is 1. The molecule has 1 aromatic carbocycles. The Bertz CT molecular complexity index is 389. The molecule has 0 heterocycles. The molecule has 4 heteroatoms. The van der Waals surface area contributed by atoms with Crippen molar-refractivity contribution in [1.29, 1.82) is 0 Å². The zero-order valence-electron chi connectivity index (χ0n) is 9.96. The Kier molecular flexibility index (Phi) is 4.31. The van der Waals surface area contributed by atoms with Crippen LogP contribution in [0.25, 0.3) is 0 Å². The zero-order valence-corrected chi connectivity index (χ0v) is 9.96. The van der Waals surface area contributed by atoms with Crippen LogP contribution in [0.4, 0.5) is 11.4 Å². The summed E-state index contributed by atoms with van der Waals surface area (Å²) in [6.45, 7) is 4.34. The normalized spacial score (nSPS) is 10.2. The van der Waals surface area contributed by atoms with Crippen molar-refractivity contribution in [3.8, 4) is 0 Å². The molecule has 0 saturated carbocycles. The van der Waals surface area contributed by atoms with Crippen molar-refractivity contribution in [2.75, 3.05) is 24.8 Å². The lowest BCUT2D eigenvalue weighted by atomic mass is 10.1. The van der Waals surface area contributed by atoms with Crippen LogP contribution in [-0.2, 0) is 9.53 Å². The maximum absolute atomic E-state index is 11.5. The molecule has 0 aromatic heterocycles. The average Bonchev–Trinajstić information content (AvgIpc) is 2.27. The molecule has 1 aromatic rings. The van der Waals surface area contributed by atoms with Crippen molar-refractivity contribution < 1.29 is 9.53 Å². The van der Waals surface area contributed by atoms with Crippen molar-refractivity contribution in [2.24, 2.45) is 0 Å². The second kappa shape index (κ2) is 5.51. The largest absolute Gasteiger partial charge is 0.397 e. The summed E-state index contributed by atoms with van der Waals surface area (Å²) in [5.41, 5.74) is 9.24. The van der Waals surface area contributed by atoms with Crippen LogP contribution in [0.2, 0.25) is 0 Å². The number of aryl methyl sites for hydroxylation is 1. The number of benzene rings is 1. The van der Waals surface area contributed by atoms with E-state index in [1.807, 2.05) is 19.9 Å². The molecule has 0 spiro atoms. The van der Waals surface area contributed by atoms with Gasteiger partial charge in [-0.15, -0.1) is 0 Å². The van der Waals surface area contributed by atoms with Crippen LogP contribution in [0.15, 0.2) is 12.1 Å². The molecule has 0 bridgehead atoms. The predicted octanol–water partition coefficient (Wildman–Crippen LogP) is 1.86. The van der Waals surface area contributed by atoms with E-state index in [-0.39, 0.29) is 5.91 Å². The third kappa shape index (κ3) is 2.97. The molecule has 4 nitrogen and oxygen atoms in total. The maximum Gasteiger partial charge on any atom is 0.226 e. The second-order valence-electron chi connectivity index (χ2n) is 3.76. The van der Waals surface area contributed by atoms with Crippen molar-refractivity contribution in [3.05, 3.63) is 23.3 Å². The van der Waals surface area contributed by atoms with Gasteiger partial charge in [0.15, 0.2) is 0 Å². The first-order chi connectivity index (χ1) is 7.56. The summed E-state index contributed by atoms with van der Waals surface area (Å²) in [4.78, 5) is 11.5. The minimum atomic E-state index is -0.0812. The third-order valence-corrected chi connectivity index (χ3v) is 2.57. The van der Waals surface area contributed by atoms with Crippen LogP contribution < -0.4 is 11.1 Å². The zero-order chi connectivity index (χ0) is 12.1. The first kappa shape index (κ1) is 12.5. The van der Waals surface area contributed by atoms with Crippen LogP contribution in [0.3, 0.4) is 0 Å². The highest BCUT2D eigenvalue weighted by atomic mass is 16.5. The smallest absolute Gasteiger partial charge is 0.226 e. The quantitative estimate of drug-likeness (QED) is 0.764. The molecule has 0 fully saturated rings. The van der Waals surface area contributed by atoms with E-state index in [0.29, 0.717) is 24.4 Å². The van der Waals surface area contributed by atoms with E-state index in [0.717, 1.165) is 11.1 Å². The number of amides is 1. The minimum Gasteiger partial charge on any atom is -0.397 e. The number of methoxy groups -OCH3 is 1. The van der Waals surface area contributed by atoms with Gasteiger partial charge in [-0.3, -0.25) is 4.79 Å².